The van der Waals surface area contributed by atoms with E-state index in [1.54, 1.807) is 18.5 Å². The third-order valence-electron chi connectivity index (χ3n) is 1.31. The lowest BCUT2D eigenvalue weighted by molar-refractivity contribution is -0.112. The molecule has 0 aliphatic carbocycles. The van der Waals surface area contributed by atoms with Crippen molar-refractivity contribution in [1.29, 1.82) is 0 Å². The summed E-state index contributed by atoms with van der Waals surface area (Å²) in [5.41, 5.74) is 0.843. The van der Waals surface area contributed by atoms with Crippen LogP contribution in [0.3, 0.4) is 0 Å². The maximum atomic E-state index is 10.6. The maximum Gasteiger partial charge on any atom is 0.152 e. The van der Waals surface area contributed by atoms with Gasteiger partial charge in [0.1, 0.15) is 5.82 Å². The van der Waals surface area contributed by atoms with Crippen molar-refractivity contribution in [2.45, 2.75) is 13.8 Å². The molecule has 1 aromatic heterocycles. The molecule has 0 saturated heterocycles. The number of allylic oxidation sites excluding steroid dienone is 1. The van der Waals surface area contributed by atoms with E-state index in [0.29, 0.717) is 0 Å². The summed E-state index contributed by atoms with van der Waals surface area (Å²) in [7, 11) is 0. The number of hydrogen-bond donors (Lipinski definition) is 0. The van der Waals surface area contributed by atoms with Crippen molar-refractivity contribution in [2.24, 2.45) is 0 Å². The minimum atomic E-state index is 0.0237. The van der Waals surface area contributed by atoms with E-state index in [2.05, 4.69) is 9.97 Å². The van der Waals surface area contributed by atoms with Crippen LogP contribution >= 0.6 is 0 Å². The first-order chi connectivity index (χ1) is 5.68. The summed E-state index contributed by atoms with van der Waals surface area (Å²) in [4.78, 5) is 18.5. The molecule has 0 bridgehead atoms. The van der Waals surface area contributed by atoms with E-state index in [9.17, 15) is 4.79 Å². The highest BCUT2D eigenvalue weighted by atomic mass is 16.1. The fourth-order valence-corrected chi connectivity index (χ4v) is 0.702. The molecule has 12 heavy (non-hydrogen) atoms. The molecule has 0 aromatic carbocycles. The molecular weight excluding hydrogens is 152 g/mol. The number of hydrogen-bond acceptors (Lipinski definition) is 3. The number of aryl methyl sites for hydroxylation is 1. The van der Waals surface area contributed by atoms with E-state index in [1.807, 2.05) is 6.92 Å². The van der Waals surface area contributed by atoms with Crippen LogP contribution in [-0.4, -0.2) is 15.8 Å². The summed E-state index contributed by atoms with van der Waals surface area (Å²) in [6.07, 6.45) is 6.55. The second-order valence-electron chi connectivity index (χ2n) is 2.51. The van der Waals surface area contributed by atoms with Crippen LogP contribution in [0.5, 0.6) is 0 Å². The first kappa shape index (κ1) is 8.59. The van der Waals surface area contributed by atoms with Crippen molar-refractivity contribution < 1.29 is 4.79 Å². The van der Waals surface area contributed by atoms with Gasteiger partial charge in [0, 0.05) is 18.0 Å². The van der Waals surface area contributed by atoms with Crippen molar-refractivity contribution in [3.63, 3.8) is 0 Å². The van der Waals surface area contributed by atoms with Crippen LogP contribution in [0, 0.1) is 6.92 Å². The van der Waals surface area contributed by atoms with E-state index < -0.39 is 0 Å². The molecule has 0 amide bonds. The lowest BCUT2D eigenvalue weighted by Gasteiger charge is -1.91. The van der Waals surface area contributed by atoms with Crippen LogP contribution in [0.15, 0.2) is 18.5 Å². The summed E-state index contributed by atoms with van der Waals surface area (Å²) in [6.45, 7) is 3.32. The Morgan fingerprint density at radius 2 is 2.00 bits per heavy atom. The molecule has 0 atom stereocenters. The Bertz CT molecular complexity index is 301. The molecule has 0 saturated carbocycles. The van der Waals surface area contributed by atoms with Gasteiger partial charge in [0.15, 0.2) is 5.78 Å². The molecular formula is C9H10N2O. The van der Waals surface area contributed by atoms with Gasteiger partial charge in [-0.25, -0.2) is 9.97 Å². The quantitative estimate of drug-likeness (QED) is 0.617. The zero-order valence-corrected chi connectivity index (χ0v) is 7.11. The molecule has 0 unspecified atom stereocenters. The van der Waals surface area contributed by atoms with E-state index in [1.165, 1.54) is 13.0 Å². The van der Waals surface area contributed by atoms with Crippen molar-refractivity contribution in [2.75, 3.05) is 0 Å². The van der Waals surface area contributed by atoms with Gasteiger partial charge in [-0.2, -0.15) is 0 Å². The Morgan fingerprint density at radius 1 is 1.42 bits per heavy atom. The molecule has 62 valence electrons. The summed E-state index contributed by atoms with van der Waals surface area (Å²) in [6, 6.07) is 0. The number of aromatic nitrogens is 2. The molecule has 0 N–H and O–H groups in total. The fraction of sp³-hybridized carbons (Fsp3) is 0.222. The van der Waals surface area contributed by atoms with Crippen molar-refractivity contribution in [3.8, 4) is 0 Å². The lowest BCUT2D eigenvalue weighted by atomic mass is 10.3. The highest BCUT2D eigenvalue weighted by Gasteiger charge is 1.88. The Morgan fingerprint density at radius 3 is 2.50 bits per heavy atom. The molecule has 0 aliphatic heterocycles. The van der Waals surface area contributed by atoms with E-state index in [-0.39, 0.29) is 5.78 Å². The van der Waals surface area contributed by atoms with Crippen LogP contribution < -0.4 is 0 Å². The van der Waals surface area contributed by atoms with Crippen molar-refractivity contribution in [3.05, 3.63) is 29.9 Å². The number of carbonyl (C=O) groups excluding carboxylic acids is 1. The predicted molar refractivity (Wildman–Crippen MR) is 46.5 cm³/mol. The lowest BCUT2D eigenvalue weighted by Crippen LogP contribution is -1.87. The van der Waals surface area contributed by atoms with Crippen LogP contribution in [0.1, 0.15) is 18.3 Å². The number of nitrogens with zero attached hydrogens (tertiary/aromatic N) is 2. The van der Waals surface area contributed by atoms with Crippen molar-refractivity contribution >= 4 is 11.9 Å². The van der Waals surface area contributed by atoms with Gasteiger partial charge in [-0.05, 0) is 26.0 Å². The monoisotopic (exact) mass is 162 g/mol. The summed E-state index contributed by atoms with van der Waals surface area (Å²) in [5.74, 6) is 0.755. The molecule has 0 spiro atoms. The number of ketones is 1. The Hall–Kier alpha value is -1.51. The standard InChI is InChI=1S/C9H10N2O/c1-7(12)3-4-9-5-10-8(2)11-6-9/h3-6H,1-2H3. The fourth-order valence-electron chi connectivity index (χ4n) is 0.702. The number of rotatable bonds is 2. The topological polar surface area (TPSA) is 42.9 Å². The third kappa shape index (κ3) is 2.62. The maximum absolute atomic E-state index is 10.6. The second-order valence-corrected chi connectivity index (χ2v) is 2.51. The minimum absolute atomic E-state index is 0.0237. The first-order valence-corrected chi connectivity index (χ1v) is 3.66. The zero-order valence-electron chi connectivity index (χ0n) is 7.11. The highest BCUT2D eigenvalue weighted by molar-refractivity contribution is 5.91. The zero-order chi connectivity index (χ0) is 8.97. The van der Waals surface area contributed by atoms with Gasteiger partial charge < -0.3 is 0 Å². The van der Waals surface area contributed by atoms with Crippen LogP contribution in [-0.2, 0) is 4.79 Å². The summed E-state index contributed by atoms with van der Waals surface area (Å²) in [5, 5.41) is 0. The SMILES string of the molecule is CC(=O)C=Cc1cnc(C)nc1. The van der Waals surface area contributed by atoms with Crippen LogP contribution in [0.4, 0.5) is 0 Å². The van der Waals surface area contributed by atoms with Gasteiger partial charge in [0.2, 0.25) is 0 Å². The van der Waals surface area contributed by atoms with E-state index in [4.69, 9.17) is 0 Å². The highest BCUT2D eigenvalue weighted by Crippen LogP contribution is 1.97. The molecule has 1 rings (SSSR count). The summed E-state index contributed by atoms with van der Waals surface area (Å²) < 4.78 is 0. The minimum Gasteiger partial charge on any atom is -0.295 e. The normalized spacial score (nSPS) is 10.5. The molecule has 0 radical (unpaired) electrons. The average Bonchev–Trinajstić information content (AvgIpc) is 2.03. The van der Waals surface area contributed by atoms with Gasteiger partial charge in [0.05, 0.1) is 0 Å². The molecule has 1 aromatic rings. The van der Waals surface area contributed by atoms with Gasteiger partial charge in [-0.1, -0.05) is 0 Å². The predicted octanol–water partition coefficient (Wildman–Crippen LogP) is 1.39. The molecule has 3 heteroatoms. The molecule has 0 fully saturated rings. The first-order valence-electron chi connectivity index (χ1n) is 3.66. The van der Waals surface area contributed by atoms with Gasteiger partial charge >= 0.3 is 0 Å². The largest absolute Gasteiger partial charge is 0.295 e. The van der Waals surface area contributed by atoms with Gasteiger partial charge in [-0.15, -0.1) is 0 Å². The Kier molecular flexibility index (Phi) is 2.69. The third-order valence-corrected chi connectivity index (χ3v) is 1.31. The van der Waals surface area contributed by atoms with E-state index >= 15 is 0 Å². The Labute approximate surface area is 71.2 Å². The van der Waals surface area contributed by atoms with Crippen LogP contribution in [0.25, 0.3) is 6.08 Å². The average molecular weight is 162 g/mol. The van der Waals surface area contributed by atoms with E-state index in [0.717, 1.165) is 11.4 Å². The molecule has 0 aliphatic rings. The second kappa shape index (κ2) is 3.76. The smallest absolute Gasteiger partial charge is 0.152 e. The van der Waals surface area contributed by atoms with Gasteiger partial charge in [0.25, 0.3) is 0 Å². The molecule has 3 nitrogen and oxygen atoms in total. The Balaban J connectivity index is 2.77. The molecule has 1 heterocycles. The number of carbonyl (C=O) groups is 1. The van der Waals surface area contributed by atoms with Gasteiger partial charge in [-0.3, -0.25) is 4.79 Å². The van der Waals surface area contributed by atoms with Crippen LogP contribution in [0.2, 0.25) is 0 Å². The van der Waals surface area contributed by atoms with Crippen molar-refractivity contribution in [1.82, 2.24) is 9.97 Å². The summed E-state index contributed by atoms with van der Waals surface area (Å²) >= 11 is 0.